The third kappa shape index (κ3) is 2.32. The molecule has 0 N–H and O–H groups in total. The number of fused-ring (bicyclic) bond motifs is 1. The van der Waals surface area contributed by atoms with Crippen LogP contribution in [0.4, 0.5) is 0 Å². The van der Waals surface area contributed by atoms with Gasteiger partial charge in [-0.1, -0.05) is 0 Å². The molecular formula is C14H15NO5. The number of rotatable bonds is 4. The van der Waals surface area contributed by atoms with E-state index in [1.54, 1.807) is 26.4 Å². The second-order valence-electron chi connectivity index (χ2n) is 3.93. The van der Waals surface area contributed by atoms with Gasteiger partial charge < -0.3 is 18.9 Å². The first-order chi connectivity index (χ1) is 9.64. The average molecular weight is 277 g/mol. The van der Waals surface area contributed by atoms with Gasteiger partial charge in [0.25, 0.3) is 0 Å². The van der Waals surface area contributed by atoms with Crippen LogP contribution >= 0.6 is 0 Å². The number of carbonyl (C=O) groups is 1. The number of benzene rings is 1. The smallest absolute Gasteiger partial charge is 0.356 e. The lowest BCUT2D eigenvalue weighted by atomic mass is 10.1. The number of nitrogens with zero attached hydrogens (tertiary/aromatic N) is 1. The van der Waals surface area contributed by atoms with E-state index in [9.17, 15) is 4.79 Å². The third-order valence-corrected chi connectivity index (χ3v) is 2.88. The van der Waals surface area contributed by atoms with Crippen molar-refractivity contribution in [3.8, 4) is 17.2 Å². The minimum atomic E-state index is -0.535. The van der Waals surface area contributed by atoms with Crippen LogP contribution in [0.25, 0.3) is 10.9 Å². The van der Waals surface area contributed by atoms with Gasteiger partial charge in [-0.2, -0.15) is 0 Å². The summed E-state index contributed by atoms with van der Waals surface area (Å²) < 4.78 is 20.5. The summed E-state index contributed by atoms with van der Waals surface area (Å²) in [6.07, 6.45) is 0. The van der Waals surface area contributed by atoms with Gasteiger partial charge in [0.2, 0.25) is 0 Å². The van der Waals surface area contributed by atoms with Crippen molar-refractivity contribution in [3.63, 3.8) is 0 Å². The van der Waals surface area contributed by atoms with Crippen LogP contribution in [-0.2, 0) is 4.74 Å². The Hall–Kier alpha value is -2.50. The molecule has 0 bridgehead atoms. The van der Waals surface area contributed by atoms with Crippen LogP contribution in [0.5, 0.6) is 17.2 Å². The Balaban J connectivity index is 2.79. The molecule has 1 aromatic heterocycles. The quantitative estimate of drug-likeness (QED) is 0.797. The largest absolute Gasteiger partial charge is 0.497 e. The Bertz CT molecular complexity index is 654. The maximum atomic E-state index is 11.6. The molecule has 0 spiro atoms. The van der Waals surface area contributed by atoms with E-state index in [1.807, 2.05) is 0 Å². The zero-order chi connectivity index (χ0) is 14.7. The zero-order valence-electron chi connectivity index (χ0n) is 11.7. The molecule has 2 rings (SSSR count). The van der Waals surface area contributed by atoms with Crippen LogP contribution in [0, 0.1) is 0 Å². The molecule has 20 heavy (non-hydrogen) atoms. The Kier molecular flexibility index (Phi) is 3.93. The van der Waals surface area contributed by atoms with Gasteiger partial charge >= 0.3 is 5.97 Å². The van der Waals surface area contributed by atoms with Crippen LogP contribution in [0.15, 0.2) is 18.2 Å². The fraction of sp³-hybridized carbons (Fsp3) is 0.286. The van der Waals surface area contributed by atoms with Gasteiger partial charge in [0.15, 0.2) is 5.69 Å². The number of hydrogen-bond donors (Lipinski definition) is 0. The van der Waals surface area contributed by atoms with E-state index in [0.29, 0.717) is 28.2 Å². The molecule has 0 saturated carbocycles. The number of ether oxygens (including phenoxy) is 4. The second kappa shape index (κ2) is 5.64. The Labute approximate surface area is 116 Å². The first kappa shape index (κ1) is 13.9. The number of carbonyl (C=O) groups excluding carboxylic acids is 1. The van der Waals surface area contributed by atoms with E-state index in [4.69, 9.17) is 14.2 Å². The van der Waals surface area contributed by atoms with Gasteiger partial charge in [-0.15, -0.1) is 0 Å². The number of aromatic nitrogens is 1. The molecule has 1 aromatic carbocycles. The third-order valence-electron chi connectivity index (χ3n) is 2.88. The molecule has 106 valence electrons. The maximum absolute atomic E-state index is 11.6. The highest BCUT2D eigenvalue weighted by Gasteiger charge is 2.17. The standard InChI is InChI=1S/C14H15NO5/c1-17-8-5-9-13(11(6-8)18-2)12(19-3)7-10(15-9)14(16)20-4/h5-7H,1-4H3. The van der Waals surface area contributed by atoms with E-state index in [0.717, 1.165) is 0 Å². The minimum absolute atomic E-state index is 0.159. The van der Waals surface area contributed by atoms with Gasteiger partial charge in [-0.3, -0.25) is 0 Å². The summed E-state index contributed by atoms with van der Waals surface area (Å²) in [7, 11) is 5.90. The van der Waals surface area contributed by atoms with Gasteiger partial charge in [-0.25, -0.2) is 9.78 Å². The highest BCUT2D eigenvalue weighted by atomic mass is 16.5. The molecule has 0 fully saturated rings. The average Bonchev–Trinajstić information content (AvgIpc) is 2.51. The molecule has 2 aromatic rings. The molecule has 0 atom stereocenters. The number of hydrogen-bond acceptors (Lipinski definition) is 6. The lowest BCUT2D eigenvalue weighted by molar-refractivity contribution is 0.0594. The summed E-state index contributed by atoms with van der Waals surface area (Å²) in [6.45, 7) is 0. The first-order valence-electron chi connectivity index (χ1n) is 5.83. The summed E-state index contributed by atoms with van der Waals surface area (Å²) in [5.41, 5.74) is 0.688. The first-order valence-corrected chi connectivity index (χ1v) is 5.83. The molecule has 0 unspecified atom stereocenters. The highest BCUT2D eigenvalue weighted by Crippen LogP contribution is 2.37. The number of methoxy groups -OCH3 is 4. The van der Waals surface area contributed by atoms with E-state index < -0.39 is 5.97 Å². The molecule has 0 aliphatic carbocycles. The molecule has 6 nitrogen and oxygen atoms in total. The van der Waals surface area contributed by atoms with Crippen molar-refractivity contribution < 1.29 is 23.7 Å². The zero-order valence-corrected chi connectivity index (χ0v) is 11.7. The molecule has 0 saturated heterocycles. The van der Waals surface area contributed by atoms with Crippen molar-refractivity contribution in [2.45, 2.75) is 0 Å². The summed E-state index contributed by atoms with van der Waals surface area (Å²) >= 11 is 0. The van der Waals surface area contributed by atoms with E-state index in [2.05, 4.69) is 9.72 Å². The van der Waals surface area contributed by atoms with Crippen LogP contribution in [0.2, 0.25) is 0 Å². The summed E-state index contributed by atoms with van der Waals surface area (Å²) in [5, 5.41) is 0.670. The van der Waals surface area contributed by atoms with Gasteiger partial charge in [0, 0.05) is 18.2 Å². The normalized spacial score (nSPS) is 10.2. The second-order valence-corrected chi connectivity index (χ2v) is 3.93. The number of pyridine rings is 1. The van der Waals surface area contributed by atoms with Crippen molar-refractivity contribution in [2.24, 2.45) is 0 Å². The SMILES string of the molecule is COC(=O)c1cc(OC)c2c(OC)cc(OC)cc2n1. The maximum Gasteiger partial charge on any atom is 0.356 e. The molecule has 1 heterocycles. The predicted octanol–water partition coefficient (Wildman–Crippen LogP) is 2.05. The topological polar surface area (TPSA) is 66.9 Å². The Morgan fingerprint density at radius 2 is 1.60 bits per heavy atom. The molecule has 0 aliphatic rings. The number of esters is 1. The van der Waals surface area contributed by atoms with Crippen LogP contribution in [-0.4, -0.2) is 39.4 Å². The Morgan fingerprint density at radius 3 is 2.15 bits per heavy atom. The summed E-state index contributed by atoms with van der Waals surface area (Å²) in [4.78, 5) is 15.9. The van der Waals surface area contributed by atoms with Gasteiger partial charge in [0.05, 0.1) is 39.3 Å². The van der Waals surface area contributed by atoms with Crippen molar-refractivity contribution in [1.29, 1.82) is 0 Å². The van der Waals surface area contributed by atoms with Crippen molar-refractivity contribution in [2.75, 3.05) is 28.4 Å². The summed E-state index contributed by atoms with van der Waals surface area (Å²) in [6, 6.07) is 4.94. The van der Waals surface area contributed by atoms with Crippen molar-refractivity contribution in [3.05, 3.63) is 23.9 Å². The van der Waals surface area contributed by atoms with Crippen LogP contribution in [0.1, 0.15) is 10.5 Å². The fourth-order valence-corrected chi connectivity index (χ4v) is 1.92. The summed E-state index contributed by atoms with van der Waals surface area (Å²) in [5.74, 6) is 1.08. The molecule has 0 amide bonds. The molecule has 6 heteroatoms. The van der Waals surface area contributed by atoms with E-state index in [1.165, 1.54) is 20.3 Å². The fourth-order valence-electron chi connectivity index (χ4n) is 1.92. The lowest BCUT2D eigenvalue weighted by Gasteiger charge is -2.12. The van der Waals surface area contributed by atoms with Gasteiger partial charge in [0.1, 0.15) is 17.2 Å². The lowest BCUT2D eigenvalue weighted by Crippen LogP contribution is -2.05. The highest BCUT2D eigenvalue weighted by molar-refractivity contribution is 5.97. The van der Waals surface area contributed by atoms with Crippen LogP contribution in [0.3, 0.4) is 0 Å². The van der Waals surface area contributed by atoms with Crippen LogP contribution < -0.4 is 14.2 Å². The van der Waals surface area contributed by atoms with Crippen molar-refractivity contribution in [1.82, 2.24) is 4.98 Å². The monoisotopic (exact) mass is 277 g/mol. The van der Waals surface area contributed by atoms with Gasteiger partial charge in [-0.05, 0) is 0 Å². The predicted molar refractivity (Wildman–Crippen MR) is 72.7 cm³/mol. The minimum Gasteiger partial charge on any atom is -0.497 e. The van der Waals surface area contributed by atoms with E-state index in [-0.39, 0.29) is 5.69 Å². The van der Waals surface area contributed by atoms with Crippen molar-refractivity contribution >= 4 is 16.9 Å². The molecule has 0 aliphatic heterocycles. The van der Waals surface area contributed by atoms with E-state index >= 15 is 0 Å². The molecule has 0 radical (unpaired) electrons. The Morgan fingerprint density at radius 1 is 0.950 bits per heavy atom. The molecular weight excluding hydrogens is 262 g/mol.